The smallest absolute Gasteiger partial charge is 0.329 e. The Bertz CT molecular complexity index is 1660. The monoisotopic (exact) mass is 918 g/mol. The van der Waals surface area contributed by atoms with E-state index in [0.29, 0.717) is 63.4 Å². The van der Waals surface area contributed by atoms with Crippen LogP contribution in [0.3, 0.4) is 0 Å². The second-order valence-corrected chi connectivity index (χ2v) is 20.0. The van der Waals surface area contributed by atoms with E-state index in [2.05, 4.69) is 6.92 Å². The number of esters is 1. The van der Waals surface area contributed by atoms with Gasteiger partial charge in [-0.05, 0) is 113 Å². The lowest BCUT2D eigenvalue weighted by Crippen LogP contribution is -2.61. The molecular weight excluding hydrogens is 835 g/mol. The first kappa shape index (κ1) is 54.8. The van der Waals surface area contributed by atoms with Crippen molar-refractivity contribution in [2.45, 2.75) is 192 Å². The normalized spacial score (nSPS) is 42.7. The van der Waals surface area contributed by atoms with E-state index in [9.17, 15) is 39.9 Å². The number of hydrogen-bond donors (Lipinski definition) is 5. The maximum absolute atomic E-state index is 14.4. The Balaban J connectivity index is 1.70. The Labute approximate surface area is 388 Å². The first-order valence-electron chi connectivity index (χ1n) is 24.2. The van der Waals surface area contributed by atoms with Crippen molar-refractivity contribution in [2.24, 2.45) is 35.5 Å². The van der Waals surface area contributed by atoms with Crippen molar-refractivity contribution >= 4 is 17.7 Å². The summed E-state index contributed by atoms with van der Waals surface area (Å²) in [6.07, 6.45) is 10.6. The predicted molar refractivity (Wildman–Crippen MR) is 247 cm³/mol. The fourth-order valence-electron chi connectivity index (χ4n) is 10.4. The highest BCUT2D eigenvalue weighted by molar-refractivity contribution is 6.39. The minimum atomic E-state index is -2.41. The molecule has 65 heavy (non-hydrogen) atoms. The lowest BCUT2D eigenvalue weighted by molar-refractivity contribution is -0.265. The summed E-state index contributed by atoms with van der Waals surface area (Å²) >= 11 is 0. The molecule has 1 saturated carbocycles. The van der Waals surface area contributed by atoms with Gasteiger partial charge in [0, 0.05) is 52.6 Å². The minimum absolute atomic E-state index is 0.0359. The van der Waals surface area contributed by atoms with Gasteiger partial charge in [-0.2, -0.15) is 0 Å². The van der Waals surface area contributed by atoms with E-state index >= 15 is 0 Å². The second-order valence-electron chi connectivity index (χ2n) is 20.0. The predicted octanol–water partition coefficient (Wildman–Crippen LogP) is 5.76. The van der Waals surface area contributed by atoms with Crippen LogP contribution in [0.5, 0.6) is 0 Å². The zero-order valence-corrected chi connectivity index (χ0v) is 40.8. The summed E-state index contributed by atoms with van der Waals surface area (Å²) < 4.78 is 29.6. The number of hydrogen-bond acceptors (Lipinski definition) is 13. The molecule has 1 amide bonds. The molecule has 5 N–H and O–H groups in total. The van der Waals surface area contributed by atoms with E-state index in [0.717, 1.165) is 12.0 Å². The van der Waals surface area contributed by atoms with E-state index in [1.807, 2.05) is 58.1 Å². The van der Waals surface area contributed by atoms with Crippen molar-refractivity contribution in [2.75, 3.05) is 27.9 Å². The van der Waals surface area contributed by atoms with E-state index in [1.165, 1.54) is 12.0 Å². The molecule has 0 aromatic heterocycles. The highest BCUT2D eigenvalue weighted by Gasteiger charge is 2.53. The summed E-state index contributed by atoms with van der Waals surface area (Å²) in [5, 5.41) is 57.2. The van der Waals surface area contributed by atoms with Crippen molar-refractivity contribution in [3.63, 3.8) is 0 Å². The quantitative estimate of drug-likeness (QED) is 0.122. The Morgan fingerprint density at radius 1 is 0.815 bits per heavy atom. The van der Waals surface area contributed by atoms with Crippen LogP contribution in [0.1, 0.15) is 126 Å². The number of fused-ring (bicyclic) bond motifs is 3. The average Bonchev–Trinajstić information content (AvgIpc) is 3.28. The van der Waals surface area contributed by atoms with Crippen LogP contribution < -0.4 is 0 Å². The largest absolute Gasteiger partial charge is 0.460 e. The van der Waals surface area contributed by atoms with Gasteiger partial charge in [-0.1, -0.05) is 71.1 Å². The molecule has 0 aromatic rings. The molecule has 1 aliphatic carbocycles. The first-order valence-corrected chi connectivity index (χ1v) is 24.2. The summed E-state index contributed by atoms with van der Waals surface area (Å²) in [7, 11) is 4.63. The fourth-order valence-corrected chi connectivity index (χ4v) is 10.4. The molecule has 0 spiro atoms. The lowest BCUT2D eigenvalue weighted by atomic mass is 9.78. The lowest BCUT2D eigenvalue weighted by Gasteiger charge is -2.43. The standard InChI is InChI=1S/C51H83NO13/c1-30-16-12-11-13-17-31(2)42(61-8)28-38-21-19-36(7)51(60,65-38)48(57)49(58)52-23-15-14-18-39(52)50(59)64-43(33(4)26-37-20-22-40(53)44(27-37)62-9)29-41(54)32(3)25-35(6)46(56)47(63-10)45(55)34(5)24-30/h11-13,16-17,25,30,32-34,36-47,53-56,60H,14-15,18-24,26-29H2,1-10H3/b13-11+,16-12+,31-17+,35-25+/t30-,32-,33-,34-,36-,37?,38+,39?,40-,41+,42+,43+,44-,45+,46-,47+,51-/m1/s1. The van der Waals surface area contributed by atoms with Gasteiger partial charge in [0.05, 0.1) is 36.6 Å². The first-order chi connectivity index (χ1) is 30.7. The third kappa shape index (κ3) is 14.6. The second kappa shape index (κ2) is 25.5. The van der Waals surface area contributed by atoms with Crippen LogP contribution in [0.15, 0.2) is 47.6 Å². The van der Waals surface area contributed by atoms with Crippen LogP contribution in [0, 0.1) is 35.5 Å². The van der Waals surface area contributed by atoms with Gasteiger partial charge in [0.25, 0.3) is 11.7 Å². The molecule has 0 radical (unpaired) electrons. The van der Waals surface area contributed by atoms with Crippen LogP contribution in [-0.2, 0) is 38.1 Å². The number of methoxy groups -OCH3 is 3. The van der Waals surface area contributed by atoms with Crippen molar-refractivity contribution < 1.29 is 63.6 Å². The number of Topliss-reactive ketones (excluding diaryl/α,β-unsaturated/α-hetero) is 1. The highest BCUT2D eigenvalue weighted by atomic mass is 16.6. The zero-order valence-electron chi connectivity index (χ0n) is 40.8. The molecule has 3 aliphatic heterocycles. The molecule has 4 rings (SSSR count). The number of aliphatic hydroxyl groups is 5. The van der Waals surface area contributed by atoms with Gasteiger partial charge < -0.3 is 54.1 Å². The highest BCUT2D eigenvalue weighted by Crippen LogP contribution is 2.38. The van der Waals surface area contributed by atoms with E-state index < -0.39 is 90.2 Å². The molecule has 3 heterocycles. The molecule has 14 heteroatoms. The van der Waals surface area contributed by atoms with Crippen molar-refractivity contribution in [3.8, 4) is 0 Å². The van der Waals surface area contributed by atoms with Gasteiger partial charge in [0.2, 0.25) is 5.79 Å². The van der Waals surface area contributed by atoms with Crippen LogP contribution in [0.2, 0.25) is 0 Å². The summed E-state index contributed by atoms with van der Waals surface area (Å²) in [4.78, 5) is 44.1. The van der Waals surface area contributed by atoms with Crippen LogP contribution in [0.4, 0.5) is 0 Å². The number of aliphatic hydroxyl groups excluding tert-OH is 4. The fraction of sp³-hybridized carbons (Fsp3) is 0.784. The summed E-state index contributed by atoms with van der Waals surface area (Å²) in [5.41, 5.74) is 1.41. The van der Waals surface area contributed by atoms with Gasteiger partial charge in [-0.15, -0.1) is 0 Å². The van der Waals surface area contributed by atoms with Gasteiger partial charge >= 0.3 is 5.97 Å². The zero-order chi connectivity index (χ0) is 48.2. The Morgan fingerprint density at radius 2 is 1.54 bits per heavy atom. The average molecular weight is 918 g/mol. The van der Waals surface area contributed by atoms with Gasteiger partial charge in [0.15, 0.2) is 0 Å². The third-order valence-corrected chi connectivity index (χ3v) is 14.9. The molecule has 370 valence electrons. The molecule has 17 atom stereocenters. The van der Waals surface area contributed by atoms with Crippen LogP contribution in [0.25, 0.3) is 0 Å². The van der Waals surface area contributed by atoms with E-state index in [-0.39, 0.29) is 49.2 Å². The Hall–Kier alpha value is -2.79. The number of cyclic esters (lactones) is 1. The van der Waals surface area contributed by atoms with Gasteiger partial charge in [0.1, 0.15) is 24.4 Å². The maximum atomic E-state index is 14.4. The van der Waals surface area contributed by atoms with Crippen LogP contribution >= 0.6 is 0 Å². The minimum Gasteiger partial charge on any atom is -0.460 e. The summed E-state index contributed by atoms with van der Waals surface area (Å²) in [5.74, 6) is -6.69. The maximum Gasteiger partial charge on any atom is 0.329 e. The number of amides is 1. The number of carbonyl (C=O) groups is 3. The van der Waals surface area contributed by atoms with Crippen LogP contribution in [-0.4, -0.2) is 143 Å². The van der Waals surface area contributed by atoms with Gasteiger partial charge in [-0.25, -0.2) is 4.79 Å². The topological polar surface area (TPSA) is 202 Å². The van der Waals surface area contributed by atoms with Crippen molar-refractivity contribution in [3.05, 3.63) is 47.6 Å². The molecule has 0 aromatic carbocycles. The summed E-state index contributed by atoms with van der Waals surface area (Å²) in [6, 6.07) is -1.10. The van der Waals surface area contributed by atoms with E-state index in [4.69, 9.17) is 23.7 Å². The summed E-state index contributed by atoms with van der Waals surface area (Å²) in [6.45, 7) is 13.2. The molecule has 2 unspecified atom stereocenters. The molecule has 2 saturated heterocycles. The molecule has 4 aliphatic rings. The Kier molecular flexibility index (Phi) is 21.5. The number of ketones is 1. The van der Waals surface area contributed by atoms with Crippen molar-refractivity contribution in [1.82, 2.24) is 4.90 Å². The SMILES string of the molecule is CO[C@H]1[C@@H](O)[C@H](C)C[C@H](C)/C=C/C=C/C=C(\C)[C@@H](OC)C[C@@H]2CC[C@@H](C)[C@@](O)(O2)C(=O)C(=O)N2CCCCC2C(=O)O[C@H]([C@H](C)CC2CC[C@@H](O)[C@H](OC)C2)C[C@H](O)[C@H](C)/C=C(\C)[C@H]1O. The van der Waals surface area contributed by atoms with Crippen molar-refractivity contribution in [1.29, 1.82) is 0 Å². The number of piperidine rings is 1. The molecule has 2 bridgehead atoms. The third-order valence-electron chi connectivity index (χ3n) is 14.9. The number of carbonyl (C=O) groups excluding carboxylic acids is 3. The molecular formula is C51H83NO13. The Morgan fingerprint density at radius 3 is 2.22 bits per heavy atom. The van der Waals surface area contributed by atoms with Gasteiger partial charge in [-0.3, -0.25) is 9.59 Å². The number of rotatable bonds is 6. The number of ether oxygens (including phenoxy) is 5. The molecule has 14 nitrogen and oxygen atoms in total. The van der Waals surface area contributed by atoms with E-state index in [1.54, 1.807) is 34.1 Å². The number of nitrogens with zero attached hydrogens (tertiary/aromatic N) is 1. The molecule has 3 fully saturated rings. The number of allylic oxidation sites excluding steroid dienone is 5.